The number of anilines is 2. The van der Waals surface area contributed by atoms with Crippen molar-refractivity contribution in [2.75, 3.05) is 16.8 Å². The Kier molecular flexibility index (Phi) is 3.80. The van der Waals surface area contributed by atoms with Crippen LogP contribution in [0.4, 0.5) is 11.4 Å². The van der Waals surface area contributed by atoms with Crippen LogP contribution in [0.3, 0.4) is 0 Å². The summed E-state index contributed by atoms with van der Waals surface area (Å²) in [6.45, 7) is 2.31. The summed E-state index contributed by atoms with van der Waals surface area (Å²) >= 11 is 0. The molecule has 0 spiro atoms. The number of benzene rings is 2. The fourth-order valence-corrected chi connectivity index (χ4v) is 2.87. The van der Waals surface area contributed by atoms with Gasteiger partial charge in [-0.05, 0) is 49.2 Å². The summed E-state index contributed by atoms with van der Waals surface area (Å²) in [5.41, 5.74) is 3.69. The average molecular weight is 291 g/mol. The van der Waals surface area contributed by atoms with Crippen LogP contribution in [0.25, 0.3) is 0 Å². The molecule has 1 N–H and O–H groups in total. The van der Waals surface area contributed by atoms with Gasteiger partial charge in [0.05, 0.1) is 18.2 Å². The van der Waals surface area contributed by atoms with Crippen molar-refractivity contribution < 1.29 is 4.79 Å². The summed E-state index contributed by atoms with van der Waals surface area (Å²) in [5, 5.41) is 11.9. The third-order valence-corrected chi connectivity index (χ3v) is 3.93. The molecule has 2 aromatic carbocycles. The molecule has 1 amide bonds. The molecule has 1 unspecified atom stereocenters. The van der Waals surface area contributed by atoms with Crippen molar-refractivity contribution >= 4 is 17.3 Å². The lowest BCUT2D eigenvalue weighted by Crippen LogP contribution is -2.39. The van der Waals surface area contributed by atoms with Crippen molar-refractivity contribution in [3.05, 3.63) is 59.7 Å². The van der Waals surface area contributed by atoms with Crippen molar-refractivity contribution in [2.45, 2.75) is 19.4 Å². The molecule has 0 saturated carbocycles. The number of hydrogen-bond acceptors (Lipinski definition) is 3. The summed E-state index contributed by atoms with van der Waals surface area (Å²) in [4.78, 5) is 14.4. The van der Waals surface area contributed by atoms with Gasteiger partial charge in [-0.15, -0.1) is 0 Å². The lowest BCUT2D eigenvalue weighted by atomic mass is 10.1. The van der Waals surface area contributed by atoms with Crippen molar-refractivity contribution in [1.82, 2.24) is 0 Å². The SMILES string of the molecule is CC1Cc2ccccc2N1C(=O)CNc1ccc(C#N)cc1. The van der Waals surface area contributed by atoms with Crippen LogP contribution in [-0.2, 0) is 11.2 Å². The van der Waals surface area contributed by atoms with E-state index in [2.05, 4.69) is 24.4 Å². The maximum atomic E-state index is 12.5. The van der Waals surface area contributed by atoms with E-state index in [1.165, 1.54) is 5.56 Å². The Morgan fingerprint density at radius 1 is 1.27 bits per heavy atom. The van der Waals surface area contributed by atoms with E-state index in [9.17, 15) is 4.79 Å². The zero-order valence-corrected chi connectivity index (χ0v) is 12.4. The second-order valence-electron chi connectivity index (χ2n) is 5.49. The molecule has 110 valence electrons. The minimum atomic E-state index is 0.0572. The number of nitrogens with zero attached hydrogens (tertiary/aromatic N) is 2. The fraction of sp³-hybridized carbons (Fsp3) is 0.222. The molecule has 0 saturated heterocycles. The number of rotatable bonds is 3. The number of carbonyl (C=O) groups excluding carboxylic acids is 1. The maximum absolute atomic E-state index is 12.5. The smallest absolute Gasteiger partial charge is 0.246 e. The molecule has 1 aliphatic rings. The van der Waals surface area contributed by atoms with Gasteiger partial charge in [-0.1, -0.05) is 18.2 Å². The molecule has 1 atom stereocenters. The van der Waals surface area contributed by atoms with E-state index in [1.54, 1.807) is 12.1 Å². The molecule has 1 heterocycles. The average Bonchev–Trinajstić information content (AvgIpc) is 2.89. The van der Waals surface area contributed by atoms with E-state index in [4.69, 9.17) is 5.26 Å². The van der Waals surface area contributed by atoms with Crippen LogP contribution in [0.1, 0.15) is 18.1 Å². The van der Waals surface area contributed by atoms with Crippen molar-refractivity contribution in [3.8, 4) is 6.07 Å². The van der Waals surface area contributed by atoms with Crippen LogP contribution >= 0.6 is 0 Å². The van der Waals surface area contributed by atoms with E-state index < -0.39 is 0 Å². The standard InChI is InChI=1S/C18H17N3O/c1-13-10-15-4-2-3-5-17(15)21(13)18(22)12-20-16-8-6-14(11-19)7-9-16/h2-9,13,20H,10,12H2,1H3. The summed E-state index contributed by atoms with van der Waals surface area (Å²) in [5.74, 6) is 0.0572. The predicted molar refractivity (Wildman–Crippen MR) is 86.7 cm³/mol. The van der Waals surface area contributed by atoms with Gasteiger partial charge in [0.15, 0.2) is 0 Å². The zero-order valence-electron chi connectivity index (χ0n) is 12.4. The van der Waals surface area contributed by atoms with Gasteiger partial charge >= 0.3 is 0 Å². The molecule has 0 aromatic heterocycles. The number of nitriles is 1. The Morgan fingerprint density at radius 2 is 2.00 bits per heavy atom. The predicted octanol–water partition coefficient (Wildman–Crippen LogP) is 2.95. The molecule has 4 heteroatoms. The molecule has 0 bridgehead atoms. The quantitative estimate of drug-likeness (QED) is 0.946. The first-order chi connectivity index (χ1) is 10.7. The van der Waals surface area contributed by atoms with Gasteiger partial charge < -0.3 is 10.2 Å². The fourth-order valence-electron chi connectivity index (χ4n) is 2.87. The van der Waals surface area contributed by atoms with Gasteiger partial charge in [0.2, 0.25) is 5.91 Å². The number of amides is 1. The largest absolute Gasteiger partial charge is 0.376 e. The highest BCUT2D eigenvalue weighted by molar-refractivity contribution is 5.98. The van der Waals surface area contributed by atoms with E-state index >= 15 is 0 Å². The minimum absolute atomic E-state index is 0.0572. The molecule has 2 aromatic rings. The van der Waals surface area contributed by atoms with Gasteiger partial charge in [-0.2, -0.15) is 5.26 Å². The number of hydrogen-bond donors (Lipinski definition) is 1. The molecular formula is C18H17N3O. The number of para-hydroxylation sites is 1. The number of carbonyl (C=O) groups is 1. The molecular weight excluding hydrogens is 274 g/mol. The molecule has 0 aliphatic carbocycles. The first kappa shape index (κ1) is 14.2. The maximum Gasteiger partial charge on any atom is 0.246 e. The van der Waals surface area contributed by atoms with Gasteiger partial charge in [0.1, 0.15) is 0 Å². The monoisotopic (exact) mass is 291 g/mol. The normalized spacial score (nSPS) is 16.0. The summed E-state index contributed by atoms with van der Waals surface area (Å²) in [7, 11) is 0. The van der Waals surface area contributed by atoms with Gasteiger partial charge in [-0.25, -0.2) is 0 Å². The third-order valence-electron chi connectivity index (χ3n) is 3.93. The van der Waals surface area contributed by atoms with Gasteiger partial charge in [0, 0.05) is 17.4 Å². The van der Waals surface area contributed by atoms with E-state index in [0.717, 1.165) is 17.8 Å². The van der Waals surface area contributed by atoms with Crippen LogP contribution < -0.4 is 10.2 Å². The highest BCUT2D eigenvalue weighted by Crippen LogP contribution is 2.31. The summed E-state index contributed by atoms with van der Waals surface area (Å²) in [6, 6.07) is 17.4. The Morgan fingerprint density at radius 3 is 2.73 bits per heavy atom. The van der Waals surface area contributed by atoms with Crippen LogP contribution in [0.2, 0.25) is 0 Å². The zero-order chi connectivity index (χ0) is 15.5. The third kappa shape index (κ3) is 2.66. The van der Waals surface area contributed by atoms with Gasteiger partial charge in [0.25, 0.3) is 0 Å². The first-order valence-electron chi connectivity index (χ1n) is 7.33. The Bertz CT molecular complexity index is 731. The second-order valence-corrected chi connectivity index (χ2v) is 5.49. The molecule has 22 heavy (non-hydrogen) atoms. The van der Waals surface area contributed by atoms with Crippen LogP contribution in [0.15, 0.2) is 48.5 Å². The lowest BCUT2D eigenvalue weighted by Gasteiger charge is -2.23. The van der Waals surface area contributed by atoms with Crippen molar-refractivity contribution in [2.24, 2.45) is 0 Å². The van der Waals surface area contributed by atoms with Crippen LogP contribution in [-0.4, -0.2) is 18.5 Å². The summed E-state index contributed by atoms with van der Waals surface area (Å²) < 4.78 is 0. The second kappa shape index (κ2) is 5.90. The summed E-state index contributed by atoms with van der Waals surface area (Å²) in [6.07, 6.45) is 0.902. The number of nitrogens with one attached hydrogen (secondary N) is 1. The minimum Gasteiger partial charge on any atom is -0.376 e. The highest BCUT2D eigenvalue weighted by Gasteiger charge is 2.29. The van der Waals surface area contributed by atoms with Crippen molar-refractivity contribution in [1.29, 1.82) is 5.26 Å². The first-order valence-corrected chi connectivity index (χ1v) is 7.33. The van der Waals surface area contributed by atoms with Crippen LogP contribution in [0, 0.1) is 11.3 Å². The molecule has 0 fully saturated rings. The van der Waals surface area contributed by atoms with E-state index in [0.29, 0.717) is 5.56 Å². The van der Waals surface area contributed by atoms with Crippen LogP contribution in [0.5, 0.6) is 0 Å². The highest BCUT2D eigenvalue weighted by atomic mass is 16.2. The van der Waals surface area contributed by atoms with Crippen molar-refractivity contribution in [3.63, 3.8) is 0 Å². The topological polar surface area (TPSA) is 56.1 Å². The lowest BCUT2D eigenvalue weighted by molar-refractivity contribution is -0.117. The molecule has 4 nitrogen and oxygen atoms in total. The number of fused-ring (bicyclic) bond motifs is 1. The Hall–Kier alpha value is -2.80. The Balaban J connectivity index is 1.68. The molecule has 0 radical (unpaired) electrons. The molecule has 1 aliphatic heterocycles. The van der Waals surface area contributed by atoms with Gasteiger partial charge in [-0.3, -0.25) is 4.79 Å². The van der Waals surface area contributed by atoms with E-state index in [-0.39, 0.29) is 18.5 Å². The van der Waals surface area contributed by atoms with E-state index in [1.807, 2.05) is 35.2 Å². The Labute approximate surface area is 130 Å². The molecule has 3 rings (SSSR count).